The van der Waals surface area contributed by atoms with E-state index in [0.29, 0.717) is 0 Å². The molecule has 0 fully saturated rings. The number of nitrogens with zero attached hydrogens (tertiary/aromatic N) is 2. The monoisotopic (exact) mass is 172 g/mol. The molecule has 3 heteroatoms. The molecular weight excluding hydrogens is 160 g/mol. The first-order chi connectivity index (χ1) is 5.02. The van der Waals surface area contributed by atoms with Crippen molar-refractivity contribution in [1.29, 1.82) is 0 Å². The van der Waals surface area contributed by atoms with Crippen LogP contribution < -0.4 is 0 Å². The normalized spacial score (nSPS) is 24.4. The molecule has 0 amide bonds. The number of allylic oxidation sites excluding steroid dienone is 1. The third kappa shape index (κ3) is 1.96. The lowest BCUT2D eigenvalue weighted by molar-refractivity contribution is 0.190. The van der Waals surface area contributed by atoms with Gasteiger partial charge in [-0.15, -0.1) is 0 Å². The molecule has 0 N–H and O–H groups in total. The lowest BCUT2D eigenvalue weighted by atomic mass is 10.1. The van der Waals surface area contributed by atoms with Gasteiger partial charge in [-0.1, -0.05) is 11.6 Å². The molecule has 1 aliphatic rings. The molecule has 1 heterocycles. The molecule has 0 bridgehead atoms. The van der Waals surface area contributed by atoms with E-state index in [0.717, 1.165) is 0 Å². The standard InChI is InChI=1S/C8H13ClN2/c1-8(2,3)11-6-4-5-10-7(11)9/h4-7H,1-3H3. The van der Waals surface area contributed by atoms with Crippen LogP contribution in [0.2, 0.25) is 0 Å². The zero-order valence-electron chi connectivity index (χ0n) is 7.08. The molecule has 1 rings (SSSR count). The van der Waals surface area contributed by atoms with Crippen molar-refractivity contribution in [2.75, 3.05) is 0 Å². The van der Waals surface area contributed by atoms with Gasteiger partial charge in [-0.3, -0.25) is 4.99 Å². The van der Waals surface area contributed by atoms with E-state index in [9.17, 15) is 0 Å². The minimum atomic E-state index is -0.250. The molecule has 1 unspecified atom stereocenters. The molecule has 0 aromatic rings. The van der Waals surface area contributed by atoms with Gasteiger partial charge < -0.3 is 4.90 Å². The van der Waals surface area contributed by atoms with Crippen LogP contribution in [0.1, 0.15) is 20.8 Å². The Morgan fingerprint density at radius 1 is 1.45 bits per heavy atom. The Hall–Kier alpha value is -0.500. The maximum absolute atomic E-state index is 5.94. The molecule has 1 atom stereocenters. The van der Waals surface area contributed by atoms with E-state index in [2.05, 4.69) is 25.8 Å². The molecule has 1 aliphatic heterocycles. The second-order valence-corrected chi connectivity index (χ2v) is 3.92. The van der Waals surface area contributed by atoms with Gasteiger partial charge in [0.25, 0.3) is 0 Å². The molecule has 0 saturated heterocycles. The topological polar surface area (TPSA) is 15.6 Å². The smallest absolute Gasteiger partial charge is 0.197 e. The zero-order valence-corrected chi connectivity index (χ0v) is 7.84. The van der Waals surface area contributed by atoms with E-state index >= 15 is 0 Å². The number of alkyl halides is 1. The Morgan fingerprint density at radius 2 is 2.09 bits per heavy atom. The van der Waals surface area contributed by atoms with Crippen LogP contribution in [0.25, 0.3) is 0 Å². The van der Waals surface area contributed by atoms with Crippen molar-refractivity contribution < 1.29 is 0 Å². The summed E-state index contributed by atoms with van der Waals surface area (Å²) in [5.74, 6) is 0. The van der Waals surface area contributed by atoms with Gasteiger partial charge in [0, 0.05) is 18.0 Å². The summed E-state index contributed by atoms with van der Waals surface area (Å²) in [5.41, 5.74) is -0.208. The average molecular weight is 173 g/mol. The van der Waals surface area contributed by atoms with Crippen molar-refractivity contribution in [3.05, 3.63) is 12.3 Å². The van der Waals surface area contributed by atoms with Gasteiger partial charge in [0.15, 0.2) is 5.62 Å². The van der Waals surface area contributed by atoms with Gasteiger partial charge in [0.05, 0.1) is 0 Å². The predicted octanol–water partition coefficient (Wildman–Crippen LogP) is 2.21. The van der Waals surface area contributed by atoms with Crippen LogP contribution in [-0.2, 0) is 0 Å². The number of aliphatic imine (C=N–C) groups is 1. The summed E-state index contributed by atoms with van der Waals surface area (Å²) in [7, 11) is 0. The first-order valence-corrected chi connectivity index (χ1v) is 4.08. The Morgan fingerprint density at radius 3 is 2.45 bits per heavy atom. The van der Waals surface area contributed by atoms with Gasteiger partial charge in [-0.2, -0.15) is 0 Å². The molecule has 0 radical (unpaired) electrons. The summed E-state index contributed by atoms with van der Waals surface area (Å²) in [6.45, 7) is 6.31. The fourth-order valence-corrected chi connectivity index (χ4v) is 1.36. The lowest BCUT2D eigenvalue weighted by Crippen LogP contribution is -2.42. The largest absolute Gasteiger partial charge is 0.339 e. The minimum Gasteiger partial charge on any atom is -0.339 e. The highest BCUT2D eigenvalue weighted by Gasteiger charge is 2.24. The van der Waals surface area contributed by atoms with E-state index in [4.69, 9.17) is 11.6 Å². The second-order valence-electron chi connectivity index (χ2n) is 3.53. The Bertz CT molecular complexity index is 191. The van der Waals surface area contributed by atoms with Crippen LogP contribution in [0.4, 0.5) is 0 Å². The average Bonchev–Trinajstić information content (AvgIpc) is 1.86. The molecule has 0 spiro atoms. The quantitative estimate of drug-likeness (QED) is 0.404. The number of hydrogen-bond donors (Lipinski definition) is 0. The van der Waals surface area contributed by atoms with Crippen LogP contribution in [0, 0.1) is 0 Å². The highest BCUT2D eigenvalue weighted by Crippen LogP contribution is 2.21. The van der Waals surface area contributed by atoms with E-state index in [-0.39, 0.29) is 11.2 Å². The molecule has 0 aromatic heterocycles. The van der Waals surface area contributed by atoms with Gasteiger partial charge >= 0.3 is 0 Å². The molecular formula is C8H13ClN2. The fourth-order valence-electron chi connectivity index (χ4n) is 0.938. The zero-order chi connectivity index (χ0) is 8.48. The minimum absolute atomic E-state index is 0.0423. The van der Waals surface area contributed by atoms with Crippen LogP contribution in [0.15, 0.2) is 17.3 Å². The molecule has 0 saturated carbocycles. The van der Waals surface area contributed by atoms with Crippen molar-refractivity contribution in [3.8, 4) is 0 Å². The molecule has 11 heavy (non-hydrogen) atoms. The highest BCUT2D eigenvalue weighted by atomic mass is 35.5. The van der Waals surface area contributed by atoms with Gasteiger partial charge in [0.2, 0.25) is 0 Å². The SMILES string of the molecule is CC(C)(C)N1C=CC=NC1Cl. The lowest BCUT2D eigenvalue weighted by Gasteiger charge is -2.37. The van der Waals surface area contributed by atoms with Crippen molar-refractivity contribution in [2.24, 2.45) is 4.99 Å². The van der Waals surface area contributed by atoms with E-state index in [1.807, 2.05) is 17.2 Å². The summed E-state index contributed by atoms with van der Waals surface area (Å²) in [6.07, 6.45) is 5.58. The van der Waals surface area contributed by atoms with Crippen molar-refractivity contribution >= 4 is 17.8 Å². The van der Waals surface area contributed by atoms with Gasteiger partial charge in [-0.25, -0.2) is 0 Å². The molecule has 62 valence electrons. The van der Waals surface area contributed by atoms with Crippen molar-refractivity contribution in [1.82, 2.24) is 4.90 Å². The number of rotatable bonds is 0. The van der Waals surface area contributed by atoms with Gasteiger partial charge in [-0.05, 0) is 26.8 Å². The van der Waals surface area contributed by atoms with Crippen LogP contribution >= 0.6 is 11.6 Å². The van der Waals surface area contributed by atoms with Crippen molar-refractivity contribution in [2.45, 2.75) is 31.9 Å². The number of hydrogen-bond acceptors (Lipinski definition) is 2. The maximum Gasteiger partial charge on any atom is 0.197 e. The Kier molecular flexibility index (Phi) is 2.23. The fraction of sp³-hybridized carbons (Fsp3) is 0.625. The summed E-state index contributed by atoms with van der Waals surface area (Å²) in [5, 5.41) is 0. The van der Waals surface area contributed by atoms with Crippen LogP contribution in [-0.4, -0.2) is 22.3 Å². The number of halogens is 1. The third-order valence-electron chi connectivity index (χ3n) is 1.55. The van der Waals surface area contributed by atoms with Crippen LogP contribution in [0.3, 0.4) is 0 Å². The molecule has 0 aromatic carbocycles. The molecule has 2 nitrogen and oxygen atoms in total. The second kappa shape index (κ2) is 2.86. The van der Waals surface area contributed by atoms with Crippen molar-refractivity contribution in [3.63, 3.8) is 0 Å². The Labute approximate surface area is 72.6 Å². The van der Waals surface area contributed by atoms with E-state index in [1.54, 1.807) is 6.21 Å². The highest BCUT2D eigenvalue weighted by molar-refractivity contribution is 6.20. The van der Waals surface area contributed by atoms with E-state index < -0.39 is 0 Å². The van der Waals surface area contributed by atoms with Gasteiger partial charge in [0.1, 0.15) is 0 Å². The van der Waals surface area contributed by atoms with E-state index in [1.165, 1.54) is 0 Å². The van der Waals surface area contributed by atoms with Crippen LogP contribution in [0.5, 0.6) is 0 Å². The maximum atomic E-state index is 5.94. The Balaban J connectivity index is 2.74. The first kappa shape index (κ1) is 8.60. The summed E-state index contributed by atoms with van der Waals surface area (Å²) in [6, 6.07) is 0. The molecule has 0 aliphatic carbocycles. The summed E-state index contributed by atoms with van der Waals surface area (Å²) in [4.78, 5) is 6.07. The summed E-state index contributed by atoms with van der Waals surface area (Å²) < 4.78 is 0. The summed E-state index contributed by atoms with van der Waals surface area (Å²) >= 11 is 5.94. The third-order valence-corrected chi connectivity index (χ3v) is 1.87. The first-order valence-electron chi connectivity index (χ1n) is 3.64. The predicted molar refractivity (Wildman–Crippen MR) is 48.9 cm³/mol.